The Kier molecular flexibility index (Phi) is 6.52. The van der Waals surface area contributed by atoms with E-state index >= 15 is 0 Å². The zero-order valence-corrected chi connectivity index (χ0v) is 16.5. The van der Waals surface area contributed by atoms with Crippen LogP contribution in [0.4, 0.5) is 11.8 Å². The molecule has 1 aliphatic rings. The van der Waals surface area contributed by atoms with Crippen molar-refractivity contribution in [3.8, 4) is 5.88 Å². The highest BCUT2D eigenvalue weighted by Gasteiger charge is 2.25. The maximum absolute atomic E-state index is 12.3. The van der Waals surface area contributed by atoms with E-state index in [1.807, 2.05) is 0 Å². The van der Waals surface area contributed by atoms with Gasteiger partial charge in [0.25, 0.3) is 5.91 Å². The lowest BCUT2D eigenvalue weighted by Crippen LogP contribution is -2.41. The van der Waals surface area contributed by atoms with Gasteiger partial charge in [0.15, 0.2) is 0 Å². The molecule has 0 saturated carbocycles. The minimum atomic E-state index is -1.32. The van der Waals surface area contributed by atoms with Gasteiger partial charge in [0.1, 0.15) is 17.6 Å². The summed E-state index contributed by atoms with van der Waals surface area (Å²) in [5, 5.41) is 39.9. The molecule has 166 valence electrons. The number of H-pyrrole nitrogens is 1. The fourth-order valence-corrected chi connectivity index (χ4v) is 3.35. The lowest BCUT2D eigenvalue weighted by Gasteiger charge is -2.25. The Morgan fingerprint density at radius 3 is 2.77 bits per heavy atom. The molecule has 2 aromatic heterocycles. The number of fused-ring (bicyclic) bond motifs is 1. The number of nitrogens with one attached hydrogen (secondary N) is 3. The van der Waals surface area contributed by atoms with Crippen LogP contribution in [0.1, 0.15) is 41.0 Å². The summed E-state index contributed by atoms with van der Waals surface area (Å²) >= 11 is 0. The summed E-state index contributed by atoms with van der Waals surface area (Å²) in [7, 11) is 0. The third kappa shape index (κ3) is 5.58. The van der Waals surface area contributed by atoms with Crippen LogP contribution in [0.3, 0.4) is 0 Å². The van der Waals surface area contributed by atoms with Crippen molar-refractivity contribution in [1.82, 2.24) is 25.5 Å². The number of carbonyl (C=O) groups is 3. The highest BCUT2D eigenvalue weighted by Crippen LogP contribution is 2.31. The van der Waals surface area contributed by atoms with Crippen LogP contribution in [0.5, 0.6) is 5.88 Å². The summed E-state index contributed by atoms with van der Waals surface area (Å²) in [5.41, 5.74) is 6.84. The number of aromatic hydroxyl groups is 1. The van der Waals surface area contributed by atoms with Crippen LogP contribution in [0.15, 0.2) is 6.07 Å². The molecule has 1 unspecified atom stereocenters. The van der Waals surface area contributed by atoms with Gasteiger partial charge in [0.2, 0.25) is 11.8 Å². The Bertz CT molecular complexity index is 992. The maximum Gasteiger partial charge on any atom is 0.326 e. The first kappa shape index (κ1) is 21.8. The molecule has 8 N–H and O–H groups in total. The quantitative estimate of drug-likeness (QED) is 0.273. The molecule has 0 spiro atoms. The highest BCUT2D eigenvalue weighted by atomic mass is 16.4. The van der Waals surface area contributed by atoms with Gasteiger partial charge in [-0.1, -0.05) is 0 Å². The first-order chi connectivity index (χ1) is 14.7. The second kappa shape index (κ2) is 9.28. The first-order valence-corrected chi connectivity index (χ1v) is 9.62. The molecule has 0 radical (unpaired) electrons. The van der Waals surface area contributed by atoms with E-state index in [4.69, 9.17) is 15.9 Å². The maximum atomic E-state index is 12.3. The second-order valence-corrected chi connectivity index (χ2v) is 7.30. The van der Waals surface area contributed by atoms with E-state index in [-0.39, 0.29) is 36.3 Å². The summed E-state index contributed by atoms with van der Waals surface area (Å²) < 4.78 is 0. The summed E-state index contributed by atoms with van der Waals surface area (Å²) in [6, 6.07) is 0.206. The van der Waals surface area contributed by atoms with Gasteiger partial charge in [-0.05, 0) is 37.7 Å². The van der Waals surface area contributed by atoms with E-state index in [0.717, 1.165) is 6.42 Å². The second-order valence-electron chi connectivity index (χ2n) is 7.30. The van der Waals surface area contributed by atoms with Crippen molar-refractivity contribution in [2.24, 2.45) is 5.92 Å². The van der Waals surface area contributed by atoms with Gasteiger partial charge < -0.3 is 31.7 Å². The van der Waals surface area contributed by atoms with Crippen LogP contribution in [0.2, 0.25) is 0 Å². The molecule has 0 saturated heterocycles. The molecule has 0 bridgehead atoms. The van der Waals surface area contributed by atoms with Crippen LogP contribution >= 0.6 is 0 Å². The van der Waals surface area contributed by atoms with Crippen molar-refractivity contribution < 1.29 is 29.7 Å². The highest BCUT2D eigenvalue weighted by molar-refractivity contribution is 5.95. The Hall–Kier alpha value is -3.90. The van der Waals surface area contributed by atoms with Gasteiger partial charge in [0, 0.05) is 18.7 Å². The lowest BCUT2D eigenvalue weighted by molar-refractivity contribution is -0.140. The van der Waals surface area contributed by atoms with Crippen molar-refractivity contribution in [3.05, 3.63) is 23.0 Å². The zero-order valence-electron chi connectivity index (χ0n) is 16.5. The van der Waals surface area contributed by atoms with E-state index in [9.17, 15) is 19.5 Å². The van der Waals surface area contributed by atoms with E-state index in [1.165, 1.54) is 6.07 Å². The minimum absolute atomic E-state index is 0.00133. The van der Waals surface area contributed by atoms with Crippen molar-refractivity contribution in [2.75, 3.05) is 17.6 Å². The lowest BCUT2D eigenvalue weighted by atomic mass is 9.92. The number of aromatic amines is 1. The third-order valence-electron chi connectivity index (χ3n) is 4.99. The number of aliphatic carboxylic acids is 2. The van der Waals surface area contributed by atoms with Gasteiger partial charge in [-0.25, -0.2) is 4.79 Å². The number of amides is 1. The topological polar surface area (TPSA) is 216 Å². The Labute approximate surface area is 176 Å². The number of nitrogens with two attached hydrogens (primary N) is 1. The molecule has 3 heterocycles. The summed E-state index contributed by atoms with van der Waals surface area (Å²) in [6.07, 6.45) is 1.25. The average molecular weight is 433 g/mol. The zero-order chi connectivity index (χ0) is 22.5. The molecule has 31 heavy (non-hydrogen) atoms. The van der Waals surface area contributed by atoms with Gasteiger partial charge >= 0.3 is 11.9 Å². The van der Waals surface area contributed by atoms with Crippen molar-refractivity contribution in [3.63, 3.8) is 0 Å². The molecular weight excluding hydrogens is 410 g/mol. The molecule has 13 heteroatoms. The van der Waals surface area contributed by atoms with Gasteiger partial charge in [0.05, 0.1) is 5.56 Å². The molecule has 0 aromatic carbocycles. The fourth-order valence-electron chi connectivity index (χ4n) is 3.35. The average Bonchev–Trinajstić information content (AvgIpc) is 3.18. The summed E-state index contributed by atoms with van der Waals surface area (Å²) in [4.78, 5) is 41.9. The number of aryl methyl sites for hydroxylation is 1. The SMILES string of the molecule is Nc1nc(O)c2c(n1)NCC(CCc1cc(C(=O)N[C@H](CCC(=O)O)C(=O)O)n[nH]1)C2. The predicted molar refractivity (Wildman–Crippen MR) is 106 cm³/mol. The van der Waals surface area contributed by atoms with E-state index in [2.05, 4.69) is 30.8 Å². The fraction of sp³-hybridized carbons (Fsp3) is 0.444. The van der Waals surface area contributed by atoms with Crippen LogP contribution < -0.4 is 16.4 Å². The molecule has 1 amide bonds. The monoisotopic (exact) mass is 433 g/mol. The minimum Gasteiger partial charge on any atom is -0.493 e. The number of carboxylic acid groups (broad SMARTS) is 2. The van der Waals surface area contributed by atoms with E-state index < -0.39 is 23.9 Å². The summed E-state index contributed by atoms with van der Waals surface area (Å²) in [5.74, 6) is -2.60. The molecule has 2 aromatic rings. The van der Waals surface area contributed by atoms with Crippen LogP contribution in [-0.2, 0) is 22.4 Å². The van der Waals surface area contributed by atoms with Crippen LogP contribution in [-0.4, -0.2) is 65.9 Å². The normalized spacial score (nSPS) is 16.1. The number of rotatable bonds is 9. The molecule has 2 atom stereocenters. The van der Waals surface area contributed by atoms with Crippen molar-refractivity contribution in [1.29, 1.82) is 0 Å². The molecule has 3 rings (SSSR count). The number of carbonyl (C=O) groups excluding carboxylic acids is 1. The number of hydrogen-bond donors (Lipinski definition) is 7. The standard InChI is InChI=1S/C18H23N7O6/c19-18-22-14-10(15(28)23-18)5-8(7-20-14)1-2-9-6-12(25-24-9)16(29)21-11(17(30)31)3-4-13(26)27/h6,8,11H,1-5,7H2,(H,21,29)(H,24,25)(H,26,27)(H,30,31)(H4,19,20,22,23,28)/t8?,11-/m1/s1. The smallest absolute Gasteiger partial charge is 0.326 e. The van der Waals surface area contributed by atoms with Gasteiger partial charge in [-0.15, -0.1) is 0 Å². The largest absolute Gasteiger partial charge is 0.493 e. The van der Waals surface area contributed by atoms with E-state index in [1.54, 1.807) is 0 Å². The molecule has 0 aliphatic carbocycles. The van der Waals surface area contributed by atoms with Gasteiger partial charge in [-0.2, -0.15) is 15.1 Å². The Morgan fingerprint density at radius 2 is 2.06 bits per heavy atom. The molecular formula is C18H23N7O6. The molecule has 1 aliphatic heterocycles. The third-order valence-corrected chi connectivity index (χ3v) is 4.99. The predicted octanol–water partition coefficient (Wildman–Crippen LogP) is -0.248. The number of anilines is 2. The number of carboxylic acids is 2. The van der Waals surface area contributed by atoms with Crippen molar-refractivity contribution >= 4 is 29.6 Å². The number of nitrogen functional groups attached to an aromatic ring is 1. The van der Waals surface area contributed by atoms with Gasteiger partial charge in [-0.3, -0.25) is 14.7 Å². The van der Waals surface area contributed by atoms with Crippen LogP contribution in [0, 0.1) is 5.92 Å². The van der Waals surface area contributed by atoms with Crippen molar-refractivity contribution in [2.45, 2.75) is 38.1 Å². The Morgan fingerprint density at radius 1 is 1.29 bits per heavy atom. The molecule has 0 fully saturated rings. The number of hydrogen-bond acceptors (Lipinski definition) is 9. The summed E-state index contributed by atoms with van der Waals surface area (Å²) in [6.45, 7) is 0.633. The molecule has 13 nitrogen and oxygen atoms in total. The number of aromatic nitrogens is 4. The Balaban J connectivity index is 1.54. The van der Waals surface area contributed by atoms with Crippen LogP contribution in [0.25, 0.3) is 0 Å². The van der Waals surface area contributed by atoms with E-state index in [0.29, 0.717) is 36.5 Å². The number of nitrogens with zero attached hydrogens (tertiary/aromatic N) is 3. The first-order valence-electron chi connectivity index (χ1n) is 9.62.